The van der Waals surface area contributed by atoms with Crippen molar-refractivity contribution < 1.29 is 0 Å². The molecule has 1 rings (SSSR count). The molecule has 1 aliphatic rings. The first-order valence-corrected chi connectivity index (χ1v) is 4.04. The molecule has 0 aromatic heterocycles. The van der Waals surface area contributed by atoms with E-state index in [1.807, 2.05) is 6.08 Å². The van der Waals surface area contributed by atoms with Crippen LogP contribution in [0.15, 0.2) is 12.7 Å². The van der Waals surface area contributed by atoms with E-state index >= 15 is 0 Å². The summed E-state index contributed by atoms with van der Waals surface area (Å²) in [5, 5.41) is 8.81. The molecule has 2 unspecified atom stereocenters. The van der Waals surface area contributed by atoms with Crippen LogP contribution in [0.3, 0.4) is 0 Å². The quantitative estimate of drug-likeness (QED) is 0.556. The maximum Gasteiger partial charge on any atom is 0.101 e. The molecule has 0 radical (unpaired) electrons. The number of hydrogen-bond acceptors (Lipinski definition) is 2. The summed E-state index contributed by atoms with van der Waals surface area (Å²) < 4.78 is 0. The molecule has 1 saturated heterocycles. The molecule has 2 atom stereocenters. The van der Waals surface area contributed by atoms with Gasteiger partial charge in [-0.3, -0.25) is 4.90 Å². The van der Waals surface area contributed by atoms with Crippen LogP contribution in [0, 0.1) is 17.2 Å². The first-order valence-electron chi connectivity index (χ1n) is 4.04. The fourth-order valence-corrected chi connectivity index (χ4v) is 1.61. The summed E-state index contributed by atoms with van der Waals surface area (Å²) >= 11 is 0. The molecule has 0 aromatic carbocycles. The van der Waals surface area contributed by atoms with E-state index in [4.69, 9.17) is 5.26 Å². The fraction of sp³-hybridized carbons (Fsp3) is 0.667. The van der Waals surface area contributed by atoms with Crippen LogP contribution in [0.1, 0.15) is 13.3 Å². The lowest BCUT2D eigenvalue weighted by molar-refractivity contribution is 0.306. The number of nitriles is 1. The van der Waals surface area contributed by atoms with Crippen LogP contribution in [0.2, 0.25) is 0 Å². The van der Waals surface area contributed by atoms with Crippen LogP contribution < -0.4 is 0 Å². The summed E-state index contributed by atoms with van der Waals surface area (Å²) in [7, 11) is 0. The molecule has 2 nitrogen and oxygen atoms in total. The molecule has 0 bridgehead atoms. The van der Waals surface area contributed by atoms with Crippen LogP contribution in [-0.2, 0) is 0 Å². The van der Waals surface area contributed by atoms with Crippen LogP contribution in [0.5, 0.6) is 0 Å². The largest absolute Gasteiger partial charge is 0.284 e. The van der Waals surface area contributed by atoms with Gasteiger partial charge in [-0.15, -0.1) is 6.58 Å². The molecular formula is C9H14N2. The predicted molar refractivity (Wildman–Crippen MR) is 45.0 cm³/mol. The zero-order valence-electron chi connectivity index (χ0n) is 6.95. The van der Waals surface area contributed by atoms with E-state index in [2.05, 4.69) is 24.5 Å². The highest BCUT2D eigenvalue weighted by molar-refractivity contribution is 5.01. The van der Waals surface area contributed by atoms with Crippen LogP contribution in [0.25, 0.3) is 0 Å². The zero-order chi connectivity index (χ0) is 8.27. The van der Waals surface area contributed by atoms with Crippen molar-refractivity contribution in [3.63, 3.8) is 0 Å². The van der Waals surface area contributed by atoms with Gasteiger partial charge in [-0.05, 0) is 12.3 Å². The van der Waals surface area contributed by atoms with Crippen molar-refractivity contribution in [1.29, 1.82) is 5.26 Å². The highest BCUT2D eigenvalue weighted by Crippen LogP contribution is 2.22. The first-order chi connectivity index (χ1) is 5.29. The second kappa shape index (κ2) is 3.54. The molecule has 0 saturated carbocycles. The first kappa shape index (κ1) is 8.29. The van der Waals surface area contributed by atoms with Gasteiger partial charge in [0.15, 0.2) is 0 Å². The van der Waals surface area contributed by atoms with E-state index in [0.29, 0.717) is 5.92 Å². The van der Waals surface area contributed by atoms with Crippen molar-refractivity contribution in [3.05, 3.63) is 12.7 Å². The van der Waals surface area contributed by atoms with Gasteiger partial charge in [0, 0.05) is 13.1 Å². The van der Waals surface area contributed by atoms with E-state index < -0.39 is 0 Å². The summed E-state index contributed by atoms with van der Waals surface area (Å²) in [5.74, 6) is 0.528. The second-order valence-corrected chi connectivity index (χ2v) is 3.12. The highest BCUT2D eigenvalue weighted by atomic mass is 15.2. The van der Waals surface area contributed by atoms with Crippen molar-refractivity contribution in [2.75, 3.05) is 13.1 Å². The molecule has 2 heteroatoms. The molecule has 1 fully saturated rings. The van der Waals surface area contributed by atoms with Crippen molar-refractivity contribution in [1.82, 2.24) is 4.90 Å². The molecule has 1 heterocycles. The van der Waals surface area contributed by atoms with Gasteiger partial charge in [-0.1, -0.05) is 13.0 Å². The van der Waals surface area contributed by atoms with Gasteiger partial charge in [0.05, 0.1) is 6.07 Å². The number of likely N-dealkylation sites (tertiary alicyclic amines) is 1. The Kier molecular flexibility index (Phi) is 2.67. The Morgan fingerprint density at radius 1 is 1.82 bits per heavy atom. The molecule has 0 N–H and O–H groups in total. The third-order valence-electron chi connectivity index (χ3n) is 2.30. The summed E-state index contributed by atoms with van der Waals surface area (Å²) in [5.41, 5.74) is 0. The van der Waals surface area contributed by atoms with Gasteiger partial charge in [0.25, 0.3) is 0 Å². The Hall–Kier alpha value is -0.810. The van der Waals surface area contributed by atoms with Crippen LogP contribution >= 0.6 is 0 Å². The van der Waals surface area contributed by atoms with Crippen molar-refractivity contribution in [2.45, 2.75) is 19.4 Å². The lowest BCUT2D eigenvalue weighted by Gasteiger charge is -2.18. The van der Waals surface area contributed by atoms with Gasteiger partial charge >= 0.3 is 0 Å². The number of hydrogen-bond donors (Lipinski definition) is 0. The maximum absolute atomic E-state index is 8.81. The van der Waals surface area contributed by atoms with Gasteiger partial charge in [-0.2, -0.15) is 5.26 Å². The summed E-state index contributed by atoms with van der Waals surface area (Å²) in [6.07, 6.45) is 3.01. The Morgan fingerprint density at radius 3 is 3.09 bits per heavy atom. The van der Waals surface area contributed by atoms with E-state index in [9.17, 15) is 0 Å². The number of rotatable bonds is 2. The topological polar surface area (TPSA) is 27.0 Å². The van der Waals surface area contributed by atoms with Crippen LogP contribution in [0.4, 0.5) is 0 Å². The van der Waals surface area contributed by atoms with E-state index in [0.717, 1.165) is 19.5 Å². The fourth-order valence-electron chi connectivity index (χ4n) is 1.61. The SMILES string of the molecule is C=CCN1CCC(C)C1C#N. The Morgan fingerprint density at radius 2 is 2.55 bits per heavy atom. The summed E-state index contributed by atoms with van der Waals surface area (Å²) in [6, 6.07) is 2.45. The summed E-state index contributed by atoms with van der Waals surface area (Å²) in [6.45, 7) is 7.70. The molecule has 60 valence electrons. The lowest BCUT2D eigenvalue weighted by Crippen LogP contribution is -2.30. The Labute approximate surface area is 68.1 Å². The van der Waals surface area contributed by atoms with E-state index in [-0.39, 0.29) is 6.04 Å². The average molecular weight is 150 g/mol. The van der Waals surface area contributed by atoms with E-state index in [1.165, 1.54) is 0 Å². The number of nitrogens with zero attached hydrogens (tertiary/aromatic N) is 2. The predicted octanol–water partition coefficient (Wildman–Crippen LogP) is 1.41. The Bertz CT molecular complexity index is 180. The molecule has 0 aliphatic carbocycles. The third kappa shape index (κ3) is 1.61. The van der Waals surface area contributed by atoms with Gasteiger partial charge in [-0.25, -0.2) is 0 Å². The zero-order valence-corrected chi connectivity index (χ0v) is 6.95. The molecule has 0 amide bonds. The van der Waals surface area contributed by atoms with Gasteiger partial charge < -0.3 is 0 Å². The molecule has 0 aromatic rings. The standard InChI is InChI=1S/C9H14N2/c1-3-5-11-6-4-8(2)9(11)7-10/h3,8-9H,1,4-6H2,2H3. The van der Waals surface area contributed by atoms with Gasteiger partial charge in [0.1, 0.15) is 6.04 Å². The van der Waals surface area contributed by atoms with E-state index in [1.54, 1.807) is 0 Å². The minimum absolute atomic E-state index is 0.119. The maximum atomic E-state index is 8.81. The minimum Gasteiger partial charge on any atom is -0.284 e. The highest BCUT2D eigenvalue weighted by Gasteiger charge is 2.29. The lowest BCUT2D eigenvalue weighted by atomic mass is 10.0. The smallest absolute Gasteiger partial charge is 0.101 e. The van der Waals surface area contributed by atoms with Crippen LogP contribution in [-0.4, -0.2) is 24.0 Å². The molecule has 11 heavy (non-hydrogen) atoms. The molecule has 0 spiro atoms. The van der Waals surface area contributed by atoms with Crippen molar-refractivity contribution in [3.8, 4) is 6.07 Å². The summed E-state index contributed by atoms with van der Waals surface area (Å²) in [4.78, 5) is 2.18. The Balaban J connectivity index is 2.55. The molecule has 1 aliphatic heterocycles. The average Bonchev–Trinajstić information content (AvgIpc) is 2.33. The van der Waals surface area contributed by atoms with Gasteiger partial charge in [0.2, 0.25) is 0 Å². The normalized spacial score (nSPS) is 31.6. The van der Waals surface area contributed by atoms with Crippen molar-refractivity contribution >= 4 is 0 Å². The minimum atomic E-state index is 0.119. The van der Waals surface area contributed by atoms with Crippen molar-refractivity contribution in [2.24, 2.45) is 5.92 Å². The monoisotopic (exact) mass is 150 g/mol. The molecular weight excluding hydrogens is 136 g/mol. The second-order valence-electron chi connectivity index (χ2n) is 3.12. The third-order valence-corrected chi connectivity index (χ3v) is 2.30.